The predicted molar refractivity (Wildman–Crippen MR) is 73.6 cm³/mol. The molecule has 7 nitrogen and oxygen atoms in total. The molecule has 0 aromatic carbocycles. The van der Waals surface area contributed by atoms with Gasteiger partial charge in [0.1, 0.15) is 0 Å². The van der Waals surface area contributed by atoms with Crippen LogP contribution in [0.25, 0.3) is 11.2 Å². The van der Waals surface area contributed by atoms with Crippen LogP contribution in [0.5, 0.6) is 0 Å². The first-order chi connectivity index (χ1) is 9.70. The Hall–Kier alpha value is -1.91. The predicted octanol–water partition coefficient (Wildman–Crippen LogP) is 0.625. The standard InChI is InChI=1S/C10H12F3N5O2S/c1-17-6-5(7(19)18(2)9(17)20)15-8(16-6)14-3-4-21-10(11,12)13/h3-4H2,1-2H3,(H2,14,15,16). The second kappa shape index (κ2) is 5.47. The molecule has 11 heteroatoms. The van der Waals surface area contributed by atoms with Gasteiger partial charge in [-0.15, -0.1) is 0 Å². The molecule has 0 spiro atoms. The third-order valence-electron chi connectivity index (χ3n) is 2.76. The Morgan fingerprint density at radius 1 is 1.29 bits per heavy atom. The van der Waals surface area contributed by atoms with Gasteiger partial charge in [-0.25, -0.2) is 4.79 Å². The van der Waals surface area contributed by atoms with E-state index in [1.165, 1.54) is 18.7 Å². The van der Waals surface area contributed by atoms with Crippen LogP contribution in [0.1, 0.15) is 0 Å². The first kappa shape index (κ1) is 15.5. The van der Waals surface area contributed by atoms with Gasteiger partial charge in [-0.05, 0) is 11.8 Å². The summed E-state index contributed by atoms with van der Waals surface area (Å²) < 4.78 is 38.0. The van der Waals surface area contributed by atoms with E-state index >= 15 is 0 Å². The molecule has 2 heterocycles. The molecule has 0 unspecified atom stereocenters. The van der Waals surface area contributed by atoms with Crippen molar-refractivity contribution in [2.75, 3.05) is 17.6 Å². The number of hydrogen-bond donors (Lipinski definition) is 2. The van der Waals surface area contributed by atoms with E-state index in [0.717, 1.165) is 4.57 Å². The SMILES string of the molecule is Cn1c(=O)c2[nH]c(NCCSC(F)(F)F)nc2n(C)c1=O. The van der Waals surface area contributed by atoms with Crippen LogP contribution in [0.4, 0.5) is 19.1 Å². The molecule has 0 aliphatic heterocycles. The van der Waals surface area contributed by atoms with Crippen molar-refractivity contribution in [2.24, 2.45) is 14.1 Å². The smallest absolute Gasteiger partial charge is 0.355 e. The molecule has 0 saturated carbocycles. The van der Waals surface area contributed by atoms with E-state index in [4.69, 9.17) is 0 Å². The van der Waals surface area contributed by atoms with E-state index in [0.29, 0.717) is 0 Å². The van der Waals surface area contributed by atoms with Crippen molar-refractivity contribution in [1.29, 1.82) is 0 Å². The lowest BCUT2D eigenvalue weighted by atomic mass is 10.5. The Bertz CT molecular complexity index is 776. The van der Waals surface area contributed by atoms with Gasteiger partial charge in [0.15, 0.2) is 11.2 Å². The summed E-state index contributed by atoms with van der Waals surface area (Å²) >= 11 is -0.154. The first-order valence-electron chi connectivity index (χ1n) is 5.81. The minimum Gasteiger partial charge on any atom is -0.355 e. The van der Waals surface area contributed by atoms with Gasteiger partial charge < -0.3 is 10.3 Å². The minimum atomic E-state index is -4.28. The maximum absolute atomic E-state index is 12.0. The van der Waals surface area contributed by atoms with Crippen LogP contribution in [-0.2, 0) is 14.1 Å². The highest BCUT2D eigenvalue weighted by Crippen LogP contribution is 2.29. The van der Waals surface area contributed by atoms with Crippen LogP contribution < -0.4 is 16.6 Å². The number of nitrogens with zero attached hydrogens (tertiary/aromatic N) is 3. The zero-order valence-corrected chi connectivity index (χ0v) is 11.9. The first-order valence-corrected chi connectivity index (χ1v) is 6.79. The molecule has 116 valence electrons. The lowest BCUT2D eigenvalue weighted by Gasteiger charge is -2.05. The molecule has 0 amide bonds. The number of nitrogens with one attached hydrogen (secondary N) is 2. The topological polar surface area (TPSA) is 84.7 Å². The molecule has 0 fully saturated rings. The maximum Gasteiger partial charge on any atom is 0.441 e. The van der Waals surface area contributed by atoms with Crippen LogP contribution in [0.3, 0.4) is 0 Å². The summed E-state index contributed by atoms with van der Waals surface area (Å²) in [5, 5.41) is 2.65. The zero-order chi connectivity index (χ0) is 15.8. The van der Waals surface area contributed by atoms with E-state index < -0.39 is 16.8 Å². The molecule has 0 radical (unpaired) electrons. The molecule has 0 aliphatic carbocycles. The number of halogens is 3. The average Bonchev–Trinajstić information content (AvgIpc) is 2.82. The van der Waals surface area contributed by atoms with Gasteiger partial charge in [-0.1, -0.05) is 0 Å². The van der Waals surface area contributed by atoms with Crippen molar-refractivity contribution in [3.63, 3.8) is 0 Å². The summed E-state index contributed by atoms with van der Waals surface area (Å²) in [6, 6.07) is 0. The van der Waals surface area contributed by atoms with Crippen molar-refractivity contribution < 1.29 is 13.2 Å². The number of rotatable bonds is 4. The van der Waals surface area contributed by atoms with Crippen molar-refractivity contribution in [3.05, 3.63) is 20.8 Å². The summed E-state index contributed by atoms with van der Waals surface area (Å²) in [7, 11) is 2.78. The number of anilines is 1. The minimum absolute atomic E-state index is 0.0122. The maximum atomic E-state index is 12.0. The summed E-state index contributed by atoms with van der Waals surface area (Å²) in [6.07, 6.45) is 0. The van der Waals surface area contributed by atoms with Crippen LogP contribution in [0.15, 0.2) is 9.59 Å². The number of imidazole rings is 1. The largest absolute Gasteiger partial charge is 0.441 e. The molecule has 2 rings (SSSR count). The van der Waals surface area contributed by atoms with Gasteiger partial charge in [0.2, 0.25) is 5.95 Å². The summed E-state index contributed by atoms with van der Waals surface area (Å²) in [4.78, 5) is 30.2. The van der Waals surface area contributed by atoms with Gasteiger partial charge in [-0.2, -0.15) is 18.2 Å². The van der Waals surface area contributed by atoms with E-state index in [2.05, 4.69) is 15.3 Å². The molecule has 21 heavy (non-hydrogen) atoms. The van der Waals surface area contributed by atoms with Gasteiger partial charge in [0.25, 0.3) is 5.56 Å². The van der Waals surface area contributed by atoms with Gasteiger partial charge in [0, 0.05) is 26.4 Å². The molecule has 0 atom stereocenters. The summed E-state index contributed by atoms with van der Waals surface area (Å²) in [5.41, 5.74) is -5.09. The number of thioether (sulfide) groups is 1. The number of aromatic amines is 1. The highest BCUT2D eigenvalue weighted by molar-refractivity contribution is 8.00. The fourth-order valence-electron chi connectivity index (χ4n) is 1.75. The number of aromatic nitrogens is 4. The van der Waals surface area contributed by atoms with Crippen molar-refractivity contribution in [2.45, 2.75) is 5.51 Å². The van der Waals surface area contributed by atoms with Crippen molar-refractivity contribution >= 4 is 28.9 Å². The second-order valence-electron chi connectivity index (χ2n) is 4.21. The number of fused-ring (bicyclic) bond motifs is 1. The molecule has 2 N–H and O–H groups in total. The van der Waals surface area contributed by atoms with Crippen molar-refractivity contribution in [3.8, 4) is 0 Å². The molecule has 0 bridgehead atoms. The number of H-pyrrole nitrogens is 1. The Kier molecular flexibility index (Phi) is 4.03. The Morgan fingerprint density at radius 2 is 1.95 bits per heavy atom. The lowest BCUT2D eigenvalue weighted by Crippen LogP contribution is -2.36. The normalized spacial score (nSPS) is 12.0. The quantitative estimate of drug-likeness (QED) is 0.806. The highest BCUT2D eigenvalue weighted by Gasteiger charge is 2.27. The van der Waals surface area contributed by atoms with Crippen LogP contribution >= 0.6 is 11.8 Å². The monoisotopic (exact) mass is 323 g/mol. The zero-order valence-electron chi connectivity index (χ0n) is 11.1. The molecule has 2 aromatic rings. The molecule has 0 saturated heterocycles. The van der Waals surface area contributed by atoms with E-state index in [-0.39, 0.29) is 41.2 Å². The third kappa shape index (κ3) is 3.23. The Morgan fingerprint density at radius 3 is 2.57 bits per heavy atom. The fourth-order valence-corrected chi connectivity index (χ4v) is 2.18. The van der Waals surface area contributed by atoms with Gasteiger partial charge in [0.05, 0.1) is 0 Å². The highest BCUT2D eigenvalue weighted by atomic mass is 32.2. The summed E-state index contributed by atoms with van der Waals surface area (Å²) in [5.74, 6) is -0.0524. The van der Waals surface area contributed by atoms with E-state index in [1.54, 1.807) is 0 Å². The molecular weight excluding hydrogens is 311 g/mol. The number of aryl methyl sites for hydroxylation is 1. The molecular formula is C10H12F3N5O2S. The third-order valence-corrected chi connectivity index (χ3v) is 3.49. The number of alkyl halides is 3. The Labute approximate surface area is 120 Å². The molecule has 0 aliphatic rings. The Balaban J connectivity index is 2.21. The van der Waals surface area contributed by atoms with E-state index in [1.807, 2.05) is 0 Å². The summed E-state index contributed by atoms with van der Waals surface area (Å²) in [6.45, 7) is 0.0122. The second-order valence-corrected chi connectivity index (χ2v) is 5.37. The van der Waals surface area contributed by atoms with Crippen LogP contribution in [0.2, 0.25) is 0 Å². The van der Waals surface area contributed by atoms with Gasteiger partial charge >= 0.3 is 11.2 Å². The average molecular weight is 323 g/mol. The lowest BCUT2D eigenvalue weighted by molar-refractivity contribution is -0.0327. The number of hydrogen-bond acceptors (Lipinski definition) is 5. The van der Waals surface area contributed by atoms with Crippen LogP contribution in [-0.4, -0.2) is 36.9 Å². The van der Waals surface area contributed by atoms with Crippen LogP contribution in [0, 0.1) is 0 Å². The van der Waals surface area contributed by atoms with Gasteiger partial charge in [-0.3, -0.25) is 13.9 Å². The van der Waals surface area contributed by atoms with Crippen molar-refractivity contribution in [1.82, 2.24) is 19.1 Å². The fraction of sp³-hybridized carbons (Fsp3) is 0.500. The van der Waals surface area contributed by atoms with E-state index in [9.17, 15) is 22.8 Å². The molecule has 2 aromatic heterocycles.